The molecule has 166 valence electrons. The van der Waals surface area contributed by atoms with Crippen LogP contribution in [0.3, 0.4) is 0 Å². The molecule has 3 aromatic heterocycles. The largest absolute Gasteiger partial charge is 0.347 e. The van der Waals surface area contributed by atoms with Crippen LogP contribution in [0.1, 0.15) is 49.7 Å². The smallest absolute Gasteiger partial charge is 0.275 e. The molecule has 33 heavy (non-hydrogen) atoms. The number of carbonyl (C=O) groups is 2. The summed E-state index contributed by atoms with van der Waals surface area (Å²) in [6.45, 7) is 3.24. The van der Waals surface area contributed by atoms with Gasteiger partial charge in [-0.1, -0.05) is 36.4 Å². The summed E-state index contributed by atoms with van der Waals surface area (Å²) in [5, 5.41) is 9.87. The Morgan fingerprint density at radius 3 is 2.70 bits per heavy atom. The number of rotatable bonds is 5. The van der Waals surface area contributed by atoms with E-state index in [-0.39, 0.29) is 11.8 Å². The lowest BCUT2D eigenvalue weighted by Gasteiger charge is -2.35. The highest BCUT2D eigenvalue weighted by atomic mass is 16.2. The van der Waals surface area contributed by atoms with Crippen LogP contribution >= 0.6 is 0 Å². The van der Waals surface area contributed by atoms with E-state index in [4.69, 9.17) is 0 Å². The molecule has 0 saturated carbocycles. The summed E-state index contributed by atoms with van der Waals surface area (Å²) in [6.07, 6.45) is 5.16. The van der Waals surface area contributed by atoms with Crippen molar-refractivity contribution in [2.75, 3.05) is 6.54 Å². The maximum Gasteiger partial charge on any atom is 0.275 e. The number of aromatic amines is 1. The van der Waals surface area contributed by atoms with Gasteiger partial charge >= 0.3 is 0 Å². The van der Waals surface area contributed by atoms with Crippen molar-refractivity contribution in [3.63, 3.8) is 0 Å². The van der Waals surface area contributed by atoms with Crippen molar-refractivity contribution in [1.82, 2.24) is 34.9 Å². The van der Waals surface area contributed by atoms with Crippen molar-refractivity contribution in [3.8, 4) is 0 Å². The Bertz CT molecular complexity index is 1280. The number of aryl methyl sites for hydroxylation is 1. The third-order valence-corrected chi connectivity index (χ3v) is 5.66. The van der Waals surface area contributed by atoms with Gasteiger partial charge in [0.2, 0.25) is 0 Å². The monoisotopic (exact) mass is 441 g/mol. The van der Waals surface area contributed by atoms with E-state index in [2.05, 4.69) is 25.5 Å². The van der Waals surface area contributed by atoms with E-state index >= 15 is 0 Å². The summed E-state index contributed by atoms with van der Waals surface area (Å²) in [5.74, 6) is 0.206. The molecule has 0 fully saturated rings. The Balaban J connectivity index is 1.45. The zero-order valence-electron chi connectivity index (χ0n) is 18.1. The molecule has 4 heterocycles. The molecule has 0 spiro atoms. The van der Waals surface area contributed by atoms with Gasteiger partial charge in [-0.25, -0.2) is 4.98 Å². The molecule has 1 aliphatic heterocycles. The van der Waals surface area contributed by atoms with Crippen LogP contribution in [0.15, 0.2) is 67.1 Å². The lowest BCUT2D eigenvalue weighted by molar-refractivity contribution is 0.0652. The van der Waals surface area contributed by atoms with Crippen molar-refractivity contribution < 1.29 is 9.59 Å². The Hall–Kier alpha value is -4.27. The highest BCUT2D eigenvalue weighted by Crippen LogP contribution is 2.32. The molecular weight excluding hydrogens is 418 g/mol. The second kappa shape index (κ2) is 8.70. The lowest BCUT2D eigenvalue weighted by atomic mass is 10.0. The Morgan fingerprint density at radius 2 is 1.97 bits per heavy atom. The number of imidazole rings is 1. The molecular formula is C24H23N7O2. The first-order valence-electron chi connectivity index (χ1n) is 10.7. The molecule has 9 heteroatoms. The summed E-state index contributed by atoms with van der Waals surface area (Å²) in [4.78, 5) is 36.6. The van der Waals surface area contributed by atoms with Crippen LogP contribution in [0.25, 0.3) is 0 Å². The van der Waals surface area contributed by atoms with E-state index in [0.29, 0.717) is 36.8 Å². The van der Waals surface area contributed by atoms with E-state index in [9.17, 15) is 9.59 Å². The van der Waals surface area contributed by atoms with Gasteiger partial charge in [0.25, 0.3) is 11.8 Å². The number of hydrogen-bond acceptors (Lipinski definition) is 5. The second-order valence-electron chi connectivity index (χ2n) is 7.97. The first kappa shape index (κ1) is 20.6. The predicted octanol–water partition coefficient (Wildman–Crippen LogP) is 2.49. The highest BCUT2D eigenvalue weighted by Gasteiger charge is 2.36. The number of carbonyl (C=O) groups excluding carboxylic acids is 2. The summed E-state index contributed by atoms with van der Waals surface area (Å²) < 4.78 is 1.95. The van der Waals surface area contributed by atoms with Crippen LogP contribution in [0.2, 0.25) is 0 Å². The fourth-order valence-electron chi connectivity index (χ4n) is 4.05. The fourth-order valence-corrected chi connectivity index (χ4v) is 4.05. The first-order chi connectivity index (χ1) is 16.1. The molecule has 9 nitrogen and oxygen atoms in total. The normalized spacial score (nSPS) is 15.2. The highest BCUT2D eigenvalue weighted by molar-refractivity contribution is 5.93. The van der Waals surface area contributed by atoms with Gasteiger partial charge in [-0.3, -0.25) is 19.7 Å². The molecule has 2 N–H and O–H groups in total. The minimum absolute atomic E-state index is 0.176. The van der Waals surface area contributed by atoms with E-state index < -0.39 is 6.04 Å². The minimum Gasteiger partial charge on any atom is -0.347 e. The van der Waals surface area contributed by atoms with E-state index in [1.54, 1.807) is 29.6 Å². The number of fused-ring (bicyclic) bond motifs is 1. The second-order valence-corrected chi connectivity index (χ2v) is 7.97. The van der Waals surface area contributed by atoms with Crippen molar-refractivity contribution in [1.29, 1.82) is 0 Å². The molecule has 2 amide bonds. The fraction of sp³-hybridized carbons (Fsp3) is 0.208. The molecule has 1 aromatic carbocycles. The molecule has 1 aliphatic rings. The SMILES string of the molecule is Cc1cc(C(=O)N2CCn3cc(C(=O)NCc4cccnc4)nc3C2c2ccccc2)n[nH]1. The molecule has 1 unspecified atom stereocenters. The van der Waals surface area contributed by atoms with Gasteiger partial charge in [0.05, 0.1) is 0 Å². The van der Waals surface area contributed by atoms with Crippen LogP contribution < -0.4 is 5.32 Å². The molecule has 5 rings (SSSR count). The van der Waals surface area contributed by atoms with Gasteiger partial charge in [0.15, 0.2) is 0 Å². The van der Waals surface area contributed by atoms with Gasteiger partial charge in [-0.05, 0) is 30.2 Å². The summed E-state index contributed by atoms with van der Waals surface area (Å²) in [7, 11) is 0. The number of amides is 2. The van der Waals surface area contributed by atoms with Gasteiger partial charge in [-0.2, -0.15) is 5.10 Å². The molecule has 4 aromatic rings. The summed E-state index contributed by atoms with van der Waals surface area (Å²) in [6, 6.07) is 14.8. The number of hydrogen-bond donors (Lipinski definition) is 2. The van der Waals surface area contributed by atoms with Gasteiger partial charge < -0.3 is 14.8 Å². The quantitative estimate of drug-likeness (QED) is 0.495. The number of benzene rings is 1. The molecule has 0 aliphatic carbocycles. The zero-order chi connectivity index (χ0) is 22.8. The molecule has 0 radical (unpaired) electrons. The molecule has 1 atom stereocenters. The Morgan fingerprint density at radius 1 is 1.12 bits per heavy atom. The third kappa shape index (κ3) is 4.12. The summed E-state index contributed by atoms with van der Waals surface area (Å²) in [5.41, 5.74) is 3.33. The topological polar surface area (TPSA) is 109 Å². The van der Waals surface area contributed by atoms with E-state index in [1.807, 2.05) is 54.0 Å². The summed E-state index contributed by atoms with van der Waals surface area (Å²) >= 11 is 0. The predicted molar refractivity (Wildman–Crippen MR) is 120 cm³/mol. The van der Waals surface area contributed by atoms with Gasteiger partial charge in [0, 0.05) is 43.9 Å². The van der Waals surface area contributed by atoms with Gasteiger partial charge in [0.1, 0.15) is 23.3 Å². The number of pyridine rings is 1. The first-order valence-corrected chi connectivity index (χ1v) is 10.7. The average Bonchev–Trinajstić information content (AvgIpc) is 3.49. The minimum atomic E-state index is -0.427. The molecule has 0 bridgehead atoms. The van der Waals surface area contributed by atoms with Crippen molar-refractivity contribution >= 4 is 11.8 Å². The van der Waals surface area contributed by atoms with Crippen LogP contribution in [-0.2, 0) is 13.1 Å². The van der Waals surface area contributed by atoms with Crippen LogP contribution in [-0.4, -0.2) is 48.0 Å². The van der Waals surface area contributed by atoms with Crippen LogP contribution in [0, 0.1) is 6.92 Å². The Labute approximate surface area is 190 Å². The number of nitrogens with zero attached hydrogens (tertiary/aromatic N) is 5. The lowest BCUT2D eigenvalue weighted by Crippen LogP contribution is -2.43. The number of aromatic nitrogens is 5. The van der Waals surface area contributed by atoms with Crippen LogP contribution in [0.5, 0.6) is 0 Å². The number of H-pyrrole nitrogens is 1. The van der Waals surface area contributed by atoms with Crippen molar-refractivity contribution in [2.45, 2.75) is 26.1 Å². The van der Waals surface area contributed by atoms with E-state index in [0.717, 1.165) is 16.8 Å². The number of nitrogens with one attached hydrogen (secondary N) is 2. The van der Waals surface area contributed by atoms with E-state index in [1.165, 1.54) is 0 Å². The molecule has 0 saturated heterocycles. The zero-order valence-corrected chi connectivity index (χ0v) is 18.1. The third-order valence-electron chi connectivity index (χ3n) is 5.66. The van der Waals surface area contributed by atoms with Crippen molar-refractivity contribution in [3.05, 3.63) is 101 Å². The average molecular weight is 441 g/mol. The maximum absolute atomic E-state index is 13.3. The maximum atomic E-state index is 13.3. The van der Waals surface area contributed by atoms with Gasteiger partial charge in [-0.15, -0.1) is 0 Å². The Kier molecular flexibility index (Phi) is 5.43. The van der Waals surface area contributed by atoms with Crippen molar-refractivity contribution in [2.24, 2.45) is 0 Å². The standard InChI is InChI=1S/C24H23N7O2/c1-16-12-19(29-28-16)24(33)31-11-10-30-15-20(23(32)26-14-17-6-5-9-25-13-17)27-22(30)21(31)18-7-3-2-4-8-18/h2-9,12-13,15,21H,10-11,14H2,1H3,(H,26,32)(H,28,29). The van der Waals surface area contributed by atoms with Crippen LogP contribution in [0.4, 0.5) is 0 Å².